The molecule has 1 aliphatic carbocycles. The molecule has 3 N–H and O–H groups in total. The minimum Gasteiger partial charge on any atom is -0.393 e. The Bertz CT molecular complexity index is 1120. The second-order valence-corrected chi connectivity index (χ2v) is 8.57. The number of anilines is 3. The zero-order valence-corrected chi connectivity index (χ0v) is 17.9. The molecule has 1 saturated carbocycles. The van der Waals surface area contributed by atoms with E-state index < -0.39 is 23.1 Å². The van der Waals surface area contributed by atoms with E-state index in [0.29, 0.717) is 68.1 Å². The highest BCUT2D eigenvalue weighted by atomic mass is 19.1. The number of aliphatic hydroxyl groups is 1. The van der Waals surface area contributed by atoms with Crippen LogP contribution in [0.25, 0.3) is 11.2 Å². The van der Waals surface area contributed by atoms with Crippen LogP contribution in [0.1, 0.15) is 44.6 Å². The van der Waals surface area contributed by atoms with Crippen LogP contribution in [0.15, 0.2) is 18.3 Å². The number of hydrogen-bond acceptors (Lipinski definition) is 7. The highest BCUT2D eigenvalue weighted by molar-refractivity contribution is 5.76. The highest BCUT2D eigenvalue weighted by Gasteiger charge is 2.27. The lowest BCUT2D eigenvalue weighted by molar-refractivity contribution is 0.0903. The SMILES string of the molecule is OC1CCC(n2c(Nc3c(F)cc(F)cc3F)nc3cnc(NC4CCOCC4)nc32)CC1. The third-order valence-corrected chi connectivity index (χ3v) is 6.26. The third-order valence-electron chi connectivity index (χ3n) is 6.26. The molecule has 1 aliphatic heterocycles. The van der Waals surface area contributed by atoms with Crippen molar-refractivity contribution < 1.29 is 23.0 Å². The number of hydrogen-bond donors (Lipinski definition) is 3. The van der Waals surface area contributed by atoms with Gasteiger partial charge >= 0.3 is 0 Å². The van der Waals surface area contributed by atoms with Crippen LogP contribution in [0.3, 0.4) is 0 Å². The van der Waals surface area contributed by atoms with E-state index in [-0.39, 0.29) is 24.1 Å². The summed E-state index contributed by atoms with van der Waals surface area (Å²) in [6, 6.07) is 1.34. The number of benzene rings is 1. The van der Waals surface area contributed by atoms with Gasteiger partial charge in [-0.25, -0.2) is 23.1 Å². The number of fused-ring (bicyclic) bond motifs is 1. The van der Waals surface area contributed by atoms with Gasteiger partial charge in [-0.05, 0) is 38.5 Å². The number of nitrogens with one attached hydrogen (secondary N) is 2. The Morgan fingerprint density at radius 2 is 1.67 bits per heavy atom. The predicted molar refractivity (Wildman–Crippen MR) is 116 cm³/mol. The molecule has 176 valence electrons. The van der Waals surface area contributed by atoms with E-state index in [4.69, 9.17) is 4.74 Å². The largest absolute Gasteiger partial charge is 0.393 e. The van der Waals surface area contributed by atoms with Crippen molar-refractivity contribution in [2.75, 3.05) is 23.8 Å². The smallest absolute Gasteiger partial charge is 0.224 e. The first-order chi connectivity index (χ1) is 16.0. The molecular weight excluding hydrogens is 437 g/mol. The van der Waals surface area contributed by atoms with Crippen molar-refractivity contribution in [3.63, 3.8) is 0 Å². The molecule has 2 aromatic heterocycles. The minimum absolute atomic E-state index is 0.0849. The Hall–Kier alpha value is -2.92. The second kappa shape index (κ2) is 9.14. The van der Waals surface area contributed by atoms with E-state index in [2.05, 4.69) is 25.6 Å². The quantitative estimate of drug-likeness (QED) is 0.526. The van der Waals surface area contributed by atoms with E-state index in [9.17, 15) is 18.3 Å². The molecule has 8 nitrogen and oxygen atoms in total. The summed E-state index contributed by atoms with van der Waals surface area (Å²) in [5.41, 5.74) is 0.493. The molecule has 3 aromatic rings. The average molecular weight is 462 g/mol. The van der Waals surface area contributed by atoms with Gasteiger partial charge in [-0.15, -0.1) is 0 Å². The van der Waals surface area contributed by atoms with Crippen molar-refractivity contribution >= 4 is 28.7 Å². The number of ether oxygens (including phenoxy) is 1. The fourth-order valence-corrected chi connectivity index (χ4v) is 4.51. The van der Waals surface area contributed by atoms with Gasteiger partial charge in [-0.2, -0.15) is 4.98 Å². The van der Waals surface area contributed by atoms with Crippen LogP contribution in [0.5, 0.6) is 0 Å². The minimum atomic E-state index is -1.06. The molecule has 1 saturated heterocycles. The van der Waals surface area contributed by atoms with Crippen molar-refractivity contribution in [1.82, 2.24) is 19.5 Å². The molecule has 0 radical (unpaired) electrons. The van der Waals surface area contributed by atoms with E-state index >= 15 is 0 Å². The monoisotopic (exact) mass is 462 g/mol. The van der Waals surface area contributed by atoms with E-state index in [1.54, 1.807) is 10.8 Å². The molecule has 11 heteroatoms. The molecular formula is C22H25F3N6O2. The van der Waals surface area contributed by atoms with Crippen molar-refractivity contribution in [3.8, 4) is 0 Å². The van der Waals surface area contributed by atoms with Crippen LogP contribution < -0.4 is 10.6 Å². The summed E-state index contributed by atoms with van der Waals surface area (Å²) in [7, 11) is 0. The van der Waals surface area contributed by atoms with Crippen molar-refractivity contribution in [2.45, 2.75) is 56.7 Å². The molecule has 1 aromatic carbocycles. The summed E-state index contributed by atoms with van der Waals surface area (Å²) in [6.45, 7) is 1.34. The van der Waals surface area contributed by atoms with Gasteiger partial charge in [-0.3, -0.25) is 4.57 Å². The average Bonchev–Trinajstić information content (AvgIpc) is 3.15. The standard InChI is InChI=1S/C22H25F3N6O2/c23-12-9-16(24)19(17(25)10-12)29-22-28-18-11-26-21(27-13-5-7-33-8-6-13)30-20(18)31(22)14-1-3-15(32)4-2-14/h9-11,13-15,32H,1-8H2,(H,28,29)(H,26,27,30). The van der Waals surface area contributed by atoms with Gasteiger partial charge in [0.25, 0.3) is 0 Å². The normalized spacial score (nSPS) is 21.9. The first-order valence-electron chi connectivity index (χ1n) is 11.2. The maximum atomic E-state index is 14.3. The van der Waals surface area contributed by atoms with Crippen LogP contribution in [0, 0.1) is 17.5 Å². The van der Waals surface area contributed by atoms with Crippen molar-refractivity contribution in [2.24, 2.45) is 0 Å². The van der Waals surface area contributed by atoms with Gasteiger partial charge in [0.2, 0.25) is 11.9 Å². The Kier molecular flexibility index (Phi) is 6.07. The summed E-state index contributed by atoms with van der Waals surface area (Å²) in [5, 5.41) is 16.0. The van der Waals surface area contributed by atoms with Gasteiger partial charge < -0.3 is 20.5 Å². The number of nitrogens with zero attached hydrogens (tertiary/aromatic N) is 4. The van der Waals surface area contributed by atoms with Crippen LogP contribution >= 0.6 is 0 Å². The third kappa shape index (κ3) is 4.60. The maximum Gasteiger partial charge on any atom is 0.224 e. The molecule has 3 heterocycles. The summed E-state index contributed by atoms with van der Waals surface area (Å²) in [6.07, 6.45) is 5.39. The van der Waals surface area contributed by atoms with Crippen LogP contribution in [-0.4, -0.2) is 50.0 Å². The van der Waals surface area contributed by atoms with E-state index in [1.807, 2.05) is 0 Å². The first kappa shape index (κ1) is 21.9. The summed E-state index contributed by atoms with van der Waals surface area (Å²) < 4.78 is 49.3. The lowest BCUT2D eigenvalue weighted by Crippen LogP contribution is -2.28. The molecule has 2 fully saturated rings. The van der Waals surface area contributed by atoms with E-state index in [1.165, 1.54) is 0 Å². The molecule has 2 aliphatic rings. The van der Waals surface area contributed by atoms with Gasteiger partial charge in [0.05, 0.1) is 12.3 Å². The van der Waals surface area contributed by atoms with Crippen LogP contribution in [0.4, 0.5) is 30.8 Å². The molecule has 0 amide bonds. The Labute approximate surface area is 188 Å². The molecule has 0 bridgehead atoms. The fraction of sp³-hybridized carbons (Fsp3) is 0.500. The van der Waals surface area contributed by atoms with Gasteiger partial charge in [0, 0.05) is 37.4 Å². The second-order valence-electron chi connectivity index (χ2n) is 8.57. The van der Waals surface area contributed by atoms with Gasteiger partial charge in [0.1, 0.15) is 17.0 Å². The van der Waals surface area contributed by atoms with E-state index in [0.717, 1.165) is 12.8 Å². The molecule has 0 unspecified atom stereocenters. The molecule has 33 heavy (non-hydrogen) atoms. The summed E-state index contributed by atoms with van der Waals surface area (Å²) in [4.78, 5) is 13.5. The molecule has 0 spiro atoms. The number of aromatic nitrogens is 4. The lowest BCUT2D eigenvalue weighted by atomic mass is 9.93. The first-order valence-corrected chi connectivity index (χ1v) is 11.2. The predicted octanol–water partition coefficient (Wildman–Crippen LogP) is 4.05. The van der Waals surface area contributed by atoms with Crippen LogP contribution in [0.2, 0.25) is 0 Å². The highest BCUT2D eigenvalue weighted by Crippen LogP contribution is 2.35. The number of imidazole rings is 1. The zero-order chi connectivity index (χ0) is 22.9. The molecule has 0 atom stereocenters. The van der Waals surface area contributed by atoms with Gasteiger partial charge in [0.15, 0.2) is 17.3 Å². The maximum absolute atomic E-state index is 14.3. The van der Waals surface area contributed by atoms with Crippen molar-refractivity contribution in [3.05, 3.63) is 35.8 Å². The Morgan fingerprint density at radius 3 is 2.36 bits per heavy atom. The molecule has 5 rings (SSSR count). The topological polar surface area (TPSA) is 97.1 Å². The number of halogens is 3. The summed E-state index contributed by atoms with van der Waals surface area (Å²) in [5.74, 6) is -2.48. The summed E-state index contributed by atoms with van der Waals surface area (Å²) >= 11 is 0. The lowest BCUT2D eigenvalue weighted by Gasteiger charge is -2.28. The van der Waals surface area contributed by atoms with Crippen molar-refractivity contribution in [1.29, 1.82) is 0 Å². The number of aliphatic hydroxyl groups excluding tert-OH is 1. The fourth-order valence-electron chi connectivity index (χ4n) is 4.51. The van der Waals surface area contributed by atoms with Gasteiger partial charge in [-0.1, -0.05) is 0 Å². The van der Waals surface area contributed by atoms with Crippen LogP contribution in [-0.2, 0) is 4.74 Å². The Balaban J connectivity index is 1.54. The Morgan fingerprint density at radius 1 is 0.970 bits per heavy atom. The zero-order valence-electron chi connectivity index (χ0n) is 17.9. The number of rotatable bonds is 5.